The molecule has 0 saturated heterocycles. The number of aromatic nitrogens is 1. The molecule has 1 aliphatic rings. The molecule has 13 nitrogen and oxygen atoms in total. The van der Waals surface area contributed by atoms with Crippen molar-refractivity contribution in [2.45, 2.75) is 58.9 Å². The molecular weight excluding hydrogens is 522 g/mol. The van der Waals surface area contributed by atoms with Gasteiger partial charge >= 0.3 is 18.0 Å². The Bertz CT molecular complexity index is 1310. The van der Waals surface area contributed by atoms with Crippen molar-refractivity contribution in [3.05, 3.63) is 52.3 Å². The number of amides is 3. The molecule has 0 bridgehead atoms. The molecule has 1 saturated carbocycles. The summed E-state index contributed by atoms with van der Waals surface area (Å²) in [5.41, 5.74) is 2.71. The van der Waals surface area contributed by atoms with Crippen LogP contribution in [0.3, 0.4) is 0 Å². The number of imide groups is 1. The molecule has 40 heavy (non-hydrogen) atoms. The number of anilines is 1. The van der Waals surface area contributed by atoms with Crippen molar-refractivity contribution in [1.29, 1.82) is 5.41 Å². The average Bonchev–Trinajstić information content (AvgIpc) is 3.66. The van der Waals surface area contributed by atoms with Gasteiger partial charge in [0, 0.05) is 30.0 Å². The summed E-state index contributed by atoms with van der Waals surface area (Å²) in [6.45, 7) is 5.22. The highest BCUT2D eigenvalue weighted by atomic mass is 16.7. The Kier molecular flexibility index (Phi) is 10.0. The molecule has 1 fully saturated rings. The molecule has 1 aromatic carbocycles. The van der Waals surface area contributed by atoms with Crippen molar-refractivity contribution in [2.24, 2.45) is 0 Å². The Morgan fingerprint density at radius 2 is 1.85 bits per heavy atom. The Balaban J connectivity index is 1.68. The van der Waals surface area contributed by atoms with Gasteiger partial charge in [0.05, 0.1) is 24.1 Å². The minimum atomic E-state index is -1.16. The SMILES string of the molecule is CCCNC(=O)c1ccc(C)c(NC(=N)c2[nH]cc(C(=O)N(C(=O)OCOC(=O)CCC(=O)O)C3CC3)c2C)c1. The summed E-state index contributed by atoms with van der Waals surface area (Å²) in [6, 6.07) is 4.75. The van der Waals surface area contributed by atoms with Crippen molar-refractivity contribution < 1.29 is 38.6 Å². The first-order valence-corrected chi connectivity index (χ1v) is 12.8. The average molecular weight is 556 g/mol. The highest BCUT2D eigenvalue weighted by Gasteiger charge is 2.40. The van der Waals surface area contributed by atoms with Crippen LogP contribution in [0, 0.1) is 19.3 Å². The molecule has 5 N–H and O–H groups in total. The first kappa shape index (κ1) is 29.9. The number of aliphatic carboxylic acids is 1. The Morgan fingerprint density at radius 3 is 2.50 bits per heavy atom. The van der Waals surface area contributed by atoms with Crippen molar-refractivity contribution in [1.82, 2.24) is 15.2 Å². The summed E-state index contributed by atoms with van der Waals surface area (Å²) in [4.78, 5) is 64.3. The minimum Gasteiger partial charge on any atom is -0.481 e. The molecule has 214 valence electrons. The maximum atomic E-state index is 13.3. The summed E-state index contributed by atoms with van der Waals surface area (Å²) in [6.07, 6.45) is 1.60. The number of hydrogen-bond acceptors (Lipinski definition) is 8. The van der Waals surface area contributed by atoms with Crippen LogP contribution in [0.1, 0.15) is 76.6 Å². The smallest absolute Gasteiger partial charge is 0.419 e. The van der Waals surface area contributed by atoms with Crippen molar-refractivity contribution in [2.75, 3.05) is 18.7 Å². The number of carbonyl (C=O) groups excluding carboxylic acids is 4. The molecule has 0 radical (unpaired) electrons. The lowest BCUT2D eigenvalue weighted by Gasteiger charge is -2.20. The van der Waals surface area contributed by atoms with Crippen LogP contribution in [0.5, 0.6) is 0 Å². The number of carboxylic acids is 1. The number of esters is 1. The predicted molar refractivity (Wildman–Crippen MR) is 143 cm³/mol. The van der Waals surface area contributed by atoms with Crippen LogP contribution < -0.4 is 10.6 Å². The van der Waals surface area contributed by atoms with Gasteiger partial charge in [-0.25, -0.2) is 9.69 Å². The van der Waals surface area contributed by atoms with Gasteiger partial charge in [0.1, 0.15) is 5.84 Å². The van der Waals surface area contributed by atoms with Crippen LogP contribution >= 0.6 is 0 Å². The van der Waals surface area contributed by atoms with Gasteiger partial charge in [-0.3, -0.25) is 24.6 Å². The van der Waals surface area contributed by atoms with Gasteiger partial charge in [-0.15, -0.1) is 0 Å². The fourth-order valence-electron chi connectivity index (χ4n) is 3.77. The number of rotatable bonds is 12. The van der Waals surface area contributed by atoms with Crippen LogP contribution in [0.4, 0.5) is 10.5 Å². The third-order valence-electron chi connectivity index (χ3n) is 6.19. The molecular formula is C27H33N5O8. The maximum absolute atomic E-state index is 13.3. The van der Waals surface area contributed by atoms with E-state index in [0.717, 1.165) is 16.9 Å². The Morgan fingerprint density at radius 1 is 1.12 bits per heavy atom. The number of nitrogens with one attached hydrogen (secondary N) is 4. The molecule has 0 aliphatic heterocycles. The van der Waals surface area contributed by atoms with E-state index in [-0.39, 0.29) is 29.8 Å². The number of carboxylic acid groups (broad SMARTS) is 1. The van der Waals surface area contributed by atoms with E-state index in [1.54, 1.807) is 25.1 Å². The number of hydrogen-bond donors (Lipinski definition) is 5. The van der Waals surface area contributed by atoms with Gasteiger partial charge in [-0.2, -0.15) is 0 Å². The van der Waals surface area contributed by atoms with Crippen LogP contribution in [0.25, 0.3) is 0 Å². The molecule has 0 spiro atoms. The largest absolute Gasteiger partial charge is 0.481 e. The summed E-state index contributed by atoms with van der Waals surface area (Å²) in [5, 5.41) is 23.0. The van der Waals surface area contributed by atoms with Crippen LogP contribution in [-0.2, 0) is 19.1 Å². The first-order valence-electron chi connectivity index (χ1n) is 12.8. The lowest BCUT2D eigenvalue weighted by Crippen LogP contribution is -2.39. The van der Waals surface area contributed by atoms with Crippen LogP contribution in [0.15, 0.2) is 24.4 Å². The van der Waals surface area contributed by atoms with Crippen molar-refractivity contribution in [3.8, 4) is 0 Å². The number of benzene rings is 1. The van der Waals surface area contributed by atoms with E-state index in [2.05, 4.69) is 15.6 Å². The maximum Gasteiger partial charge on any atom is 0.419 e. The molecule has 1 aliphatic carbocycles. The van der Waals surface area contributed by atoms with Gasteiger partial charge in [-0.1, -0.05) is 13.0 Å². The van der Waals surface area contributed by atoms with Crippen molar-refractivity contribution in [3.63, 3.8) is 0 Å². The van der Waals surface area contributed by atoms with Crippen LogP contribution in [-0.4, -0.2) is 70.1 Å². The molecule has 3 rings (SSSR count). The van der Waals surface area contributed by atoms with Gasteiger partial charge in [-0.05, 0) is 56.4 Å². The van der Waals surface area contributed by atoms with Gasteiger partial charge < -0.3 is 30.2 Å². The standard InChI is InChI=1S/C27H33N5O8/c1-4-11-29-25(36)17-6-5-15(2)20(12-17)31-24(28)23-16(3)19(13-30-23)26(37)32(18-7-8-18)27(38)40-14-39-22(35)10-9-21(33)34/h5-6,12-13,18,30H,4,7-11,14H2,1-3H3,(H2,28,31)(H,29,36)(H,33,34). The van der Waals surface area contributed by atoms with Gasteiger partial charge in [0.15, 0.2) is 0 Å². The molecule has 1 heterocycles. The summed E-state index contributed by atoms with van der Waals surface area (Å²) < 4.78 is 9.66. The summed E-state index contributed by atoms with van der Waals surface area (Å²) >= 11 is 0. The van der Waals surface area contributed by atoms with E-state index in [4.69, 9.17) is 20.0 Å². The van der Waals surface area contributed by atoms with E-state index in [9.17, 15) is 24.0 Å². The second-order valence-corrected chi connectivity index (χ2v) is 9.33. The second kappa shape index (κ2) is 13.4. The number of H-pyrrole nitrogens is 1. The first-order chi connectivity index (χ1) is 19.0. The zero-order valence-electron chi connectivity index (χ0n) is 22.6. The highest BCUT2D eigenvalue weighted by Crippen LogP contribution is 2.30. The van der Waals surface area contributed by atoms with Gasteiger partial charge in [0.2, 0.25) is 6.79 Å². The zero-order chi connectivity index (χ0) is 29.4. The lowest BCUT2D eigenvalue weighted by molar-refractivity contribution is -0.154. The third-order valence-corrected chi connectivity index (χ3v) is 6.19. The number of carbonyl (C=O) groups is 5. The normalized spacial score (nSPS) is 12.3. The van der Waals surface area contributed by atoms with Gasteiger partial charge in [0.25, 0.3) is 11.8 Å². The van der Waals surface area contributed by atoms with Crippen LogP contribution in [0.2, 0.25) is 0 Å². The fraction of sp³-hybridized carbons (Fsp3) is 0.407. The number of aryl methyl sites for hydroxylation is 1. The Hall–Kier alpha value is -4.68. The summed E-state index contributed by atoms with van der Waals surface area (Å²) in [7, 11) is 0. The van der Waals surface area contributed by atoms with Crippen molar-refractivity contribution >= 4 is 41.4 Å². The zero-order valence-corrected chi connectivity index (χ0v) is 22.6. The summed E-state index contributed by atoms with van der Waals surface area (Å²) in [5.74, 6) is -2.91. The molecule has 2 aromatic rings. The Labute approximate surface area is 230 Å². The molecule has 0 unspecified atom stereocenters. The quantitative estimate of drug-likeness (QED) is 0.113. The molecule has 13 heteroatoms. The minimum absolute atomic E-state index is 0.0420. The van der Waals surface area contributed by atoms with E-state index >= 15 is 0 Å². The molecule has 3 amide bonds. The van der Waals surface area contributed by atoms with E-state index in [1.807, 2.05) is 13.8 Å². The monoisotopic (exact) mass is 555 g/mol. The van der Waals surface area contributed by atoms with E-state index in [0.29, 0.717) is 41.9 Å². The lowest BCUT2D eigenvalue weighted by atomic mass is 10.1. The molecule has 1 aromatic heterocycles. The molecule has 0 atom stereocenters. The number of amidine groups is 1. The number of nitrogens with zero attached hydrogens (tertiary/aromatic N) is 1. The topological polar surface area (TPSA) is 191 Å². The number of aromatic amines is 1. The third kappa shape index (κ3) is 7.68. The highest BCUT2D eigenvalue weighted by molar-refractivity contribution is 6.11. The second-order valence-electron chi connectivity index (χ2n) is 9.33. The predicted octanol–water partition coefficient (Wildman–Crippen LogP) is 3.32. The number of ether oxygens (including phenoxy) is 2. The van der Waals surface area contributed by atoms with E-state index in [1.165, 1.54) is 6.20 Å². The fourth-order valence-corrected chi connectivity index (χ4v) is 3.77. The van der Waals surface area contributed by atoms with E-state index < -0.39 is 37.2 Å².